The van der Waals surface area contributed by atoms with Gasteiger partial charge in [-0.1, -0.05) is 31.2 Å². The molecule has 2 aromatic rings. The zero-order valence-electron chi connectivity index (χ0n) is 14.0. The van der Waals surface area contributed by atoms with Gasteiger partial charge in [-0.05, 0) is 53.6 Å². The van der Waals surface area contributed by atoms with Crippen LogP contribution in [-0.2, 0) is 4.79 Å². The molecule has 23 heavy (non-hydrogen) atoms. The van der Waals surface area contributed by atoms with Crippen LogP contribution in [0.3, 0.4) is 0 Å². The first-order chi connectivity index (χ1) is 11.2. The Balaban J connectivity index is 2.32. The van der Waals surface area contributed by atoms with Crippen LogP contribution in [-0.4, -0.2) is 20.5 Å². The molecule has 0 saturated heterocycles. The van der Waals surface area contributed by atoms with E-state index < -0.39 is 0 Å². The van der Waals surface area contributed by atoms with Crippen LogP contribution >= 0.6 is 0 Å². The molecule has 2 rings (SSSR count). The number of carbonyl (C=O) groups excluding carboxylic acids is 1. The fourth-order valence-electron chi connectivity index (χ4n) is 3.09. The molecule has 2 atom stereocenters. The molecule has 0 aliphatic carbocycles. The van der Waals surface area contributed by atoms with Crippen molar-refractivity contribution in [3.8, 4) is 11.5 Å². The van der Waals surface area contributed by atoms with Crippen molar-refractivity contribution in [2.24, 2.45) is 0 Å². The van der Waals surface area contributed by atoms with Gasteiger partial charge in [0.2, 0.25) is 0 Å². The Labute approximate surface area is 138 Å². The molecule has 2 aromatic carbocycles. The summed E-state index contributed by atoms with van der Waals surface area (Å²) in [4.78, 5) is 11.2. The minimum atomic E-state index is 0.164. The standard InChI is InChI=1S/C20H24O3/c1-4-19(15-5-9-17(22-2)10-6-15)20(13-14-21)16-7-11-18(23-3)12-8-16/h5-12,14,19-20H,4,13H2,1-3H3. The van der Waals surface area contributed by atoms with Gasteiger partial charge in [0.25, 0.3) is 0 Å². The first-order valence-electron chi connectivity index (χ1n) is 7.95. The summed E-state index contributed by atoms with van der Waals surface area (Å²) in [6.07, 6.45) is 2.49. The lowest BCUT2D eigenvalue weighted by molar-refractivity contribution is -0.108. The van der Waals surface area contributed by atoms with Gasteiger partial charge in [-0.15, -0.1) is 0 Å². The predicted molar refractivity (Wildman–Crippen MR) is 92.4 cm³/mol. The molecular formula is C20H24O3. The zero-order chi connectivity index (χ0) is 16.7. The van der Waals surface area contributed by atoms with Crippen molar-refractivity contribution < 1.29 is 14.3 Å². The third kappa shape index (κ3) is 4.13. The molecule has 0 amide bonds. The number of hydrogen-bond acceptors (Lipinski definition) is 3. The summed E-state index contributed by atoms with van der Waals surface area (Å²) in [7, 11) is 3.32. The highest BCUT2D eigenvalue weighted by Gasteiger charge is 2.23. The van der Waals surface area contributed by atoms with Crippen molar-refractivity contribution in [2.45, 2.75) is 31.6 Å². The van der Waals surface area contributed by atoms with Crippen LogP contribution in [0.25, 0.3) is 0 Å². The van der Waals surface area contributed by atoms with Crippen LogP contribution < -0.4 is 9.47 Å². The zero-order valence-corrected chi connectivity index (χ0v) is 14.0. The Bertz CT molecular complexity index is 602. The fraction of sp³-hybridized carbons (Fsp3) is 0.350. The molecule has 0 N–H and O–H groups in total. The lowest BCUT2D eigenvalue weighted by Gasteiger charge is -2.26. The molecule has 0 heterocycles. The Morgan fingerprint density at radius 2 is 1.26 bits per heavy atom. The van der Waals surface area contributed by atoms with Crippen molar-refractivity contribution >= 4 is 6.29 Å². The highest BCUT2D eigenvalue weighted by Crippen LogP contribution is 2.38. The van der Waals surface area contributed by atoms with E-state index in [1.54, 1.807) is 14.2 Å². The van der Waals surface area contributed by atoms with E-state index in [1.807, 2.05) is 24.3 Å². The molecule has 0 aliphatic heterocycles. The minimum Gasteiger partial charge on any atom is -0.497 e. The second-order valence-electron chi connectivity index (χ2n) is 5.57. The Hall–Kier alpha value is -2.29. The van der Waals surface area contributed by atoms with Gasteiger partial charge >= 0.3 is 0 Å². The highest BCUT2D eigenvalue weighted by atomic mass is 16.5. The maximum Gasteiger partial charge on any atom is 0.120 e. The third-order valence-electron chi connectivity index (χ3n) is 4.36. The molecule has 0 saturated carbocycles. The van der Waals surface area contributed by atoms with Gasteiger partial charge in [-0.3, -0.25) is 0 Å². The average molecular weight is 312 g/mol. The van der Waals surface area contributed by atoms with Gasteiger partial charge in [0.05, 0.1) is 14.2 Å². The summed E-state index contributed by atoms with van der Waals surface area (Å²) >= 11 is 0. The Morgan fingerprint density at radius 1 is 0.826 bits per heavy atom. The van der Waals surface area contributed by atoms with Gasteiger partial charge in [0.15, 0.2) is 0 Å². The van der Waals surface area contributed by atoms with Crippen molar-refractivity contribution in [1.29, 1.82) is 0 Å². The topological polar surface area (TPSA) is 35.5 Å². The largest absolute Gasteiger partial charge is 0.497 e. The first-order valence-corrected chi connectivity index (χ1v) is 7.95. The van der Waals surface area contributed by atoms with Gasteiger partial charge in [-0.2, -0.15) is 0 Å². The van der Waals surface area contributed by atoms with Crippen LogP contribution in [0.15, 0.2) is 48.5 Å². The third-order valence-corrected chi connectivity index (χ3v) is 4.36. The van der Waals surface area contributed by atoms with Gasteiger partial charge in [-0.25, -0.2) is 0 Å². The van der Waals surface area contributed by atoms with E-state index in [-0.39, 0.29) is 5.92 Å². The molecule has 0 spiro atoms. The van der Waals surface area contributed by atoms with Crippen LogP contribution in [0.4, 0.5) is 0 Å². The molecule has 0 fully saturated rings. The monoisotopic (exact) mass is 312 g/mol. The lowest BCUT2D eigenvalue weighted by atomic mass is 9.78. The van der Waals surface area contributed by atoms with Crippen molar-refractivity contribution in [3.63, 3.8) is 0 Å². The number of rotatable bonds is 8. The number of hydrogen-bond donors (Lipinski definition) is 0. The summed E-state index contributed by atoms with van der Waals surface area (Å²) in [6, 6.07) is 16.1. The van der Waals surface area contributed by atoms with Crippen LogP contribution in [0.2, 0.25) is 0 Å². The number of methoxy groups -OCH3 is 2. The molecule has 3 heteroatoms. The van der Waals surface area contributed by atoms with Crippen LogP contribution in [0.5, 0.6) is 11.5 Å². The molecular weight excluding hydrogens is 288 g/mol. The molecule has 2 unspecified atom stereocenters. The smallest absolute Gasteiger partial charge is 0.120 e. The van der Waals surface area contributed by atoms with E-state index in [1.165, 1.54) is 11.1 Å². The molecule has 3 nitrogen and oxygen atoms in total. The summed E-state index contributed by atoms with van der Waals surface area (Å²) in [5.41, 5.74) is 2.40. The maximum atomic E-state index is 11.2. The summed E-state index contributed by atoms with van der Waals surface area (Å²) in [6.45, 7) is 2.16. The quantitative estimate of drug-likeness (QED) is 0.670. The molecule has 0 radical (unpaired) electrons. The van der Waals surface area contributed by atoms with E-state index in [0.29, 0.717) is 12.3 Å². The fourth-order valence-corrected chi connectivity index (χ4v) is 3.09. The van der Waals surface area contributed by atoms with Crippen molar-refractivity contribution in [2.75, 3.05) is 14.2 Å². The SMILES string of the molecule is CCC(c1ccc(OC)cc1)C(CC=O)c1ccc(OC)cc1. The van der Waals surface area contributed by atoms with Crippen LogP contribution in [0.1, 0.15) is 42.7 Å². The second-order valence-corrected chi connectivity index (χ2v) is 5.57. The summed E-state index contributed by atoms with van der Waals surface area (Å²) in [5.74, 6) is 2.13. The van der Waals surface area contributed by atoms with Crippen molar-refractivity contribution in [1.82, 2.24) is 0 Å². The van der Waals surface area contributed by atoms with Gasteiger partial charge in [0, 0.05) is 6.42 Å². The molecule has 122 valence electrons. The Kier molecular flexibility index (Phi) is 6.21. The van der Waals surface area contributed by atoms with Gasteiger partial charge in [0.1, 0.15) is 17.8 Å². The molecule has 0 bridgehead atoms. The van der Waals surface area contributed by atoms with Gasteiger partial charge < -0.3 is 14.3 Å². The Morgan fingerprint density at radius 3 is 1.61 bits per heavy atom. The van der Waals surface area contributed by atoms with Crippen molar-refractivity contribution in [3.05, 3.63) is 59.7 Å². The maximum absolute atomic E-state index is 11.2. The lowest BCUT2D eigenvalue weighted by Crippen LogP contribution is -2.12. The summed E-state index contributed by atoms with van der Waals surface area (Å²) < 4.78 is 10.5. The average Bonchev–Trinajstić information content (AvgIpc) is 2.62. The molecule has 0 aromatic heterocycles. The molecule has 0 aliphatic rings. The van der Waals surface area contributed by atoms with E-state index >= 15 is 0 Å². The van der Waals surface area contributed by atoms with E-state index in [0.717, 1.165) is 24.2 Å². The first kappa shape index (κ1) is 17.1. The summed E-state index contributed by atoms with van der Waals surface area (Å²) in [5, 5.41) is 0. The van der Waals surface area contributed by atoms with Crippen LogP contribution in [0, 0.1) is 0 Å². The van der Waals surface area contributed by atoms with E-state index in [4.69, 9.17) is 9.47 Å². The number of carbonyl (C=O) groups is 1. The minimum absolute atomic E-state index is 0.164. The van der Waals surface area contributed by atoms with E-state index in [2.05, 4.69) is 31.2 Å². The highest BCUT2D eigenvalue weighted by molar-refractivity contribution is 5.53. The normalized spacial score (nSPS) is 13.2. The number of benzene rings is 2. The number of aldehydes is 1. The number of ether oxygens (including phenoxy) is 2. The second kappa shape index (κ2) is 8.37. The predicted octanol–water partition coefficient (Wildman–Crippen LogP) is 4.57. The van der Waals surface area contributed by atoms with E-state index in [9.17, 15) is 4.79 Å².